The number of nitro groups is 1. The third-order valence-electron chi connectivity index (χ3n) is 3.14. The van der Waals surface area contributed by atoms with Crippen LogP contribution in [0.25, 0.3) is 0 Å². The highest BCUT2D eigenvalue weighted by Gasteiger charge is 2.24. The molecule has 2 amide bonds. The van der Waals surface area contributed by atoms with Crippen LogP contribution in [0.5, 0.6) is 0 Å². The van der Waals surface area contributed by atoms with Crippen LogP contribution in [0.15, 0.2) is 24.3 Å². The Labute approximate surface area is 119 Å². The van der Waals surface area contributed by atoms with E-state index in [1.165, 1.54) is 29.2 Å². The van der Waals surface area contributed by atoms with Crippen molar-refractivity contribution in [2.75, 3.05) is 26.2 Å². The lowest BCUT2D eigenvalue weighted by atomic mass is 10.1. The first kappa shape index (κ1) is 14.3. The van der Waals surface area contributed by atoms with E-state index in [0.717, 1.165) is 0 Å². The average Bonchev–Trinajstić information content (AvgIpc) is 2.46. The van der Waals surface area contributed by atoms with Crippen LogP contribution in [0.1, 0.15) is 10.4 Å². The Kier molecular flexibility index (Phi) is 4.19. The number of nitrogens with zero attached hydrogens (tertiary/aromatic N) is 3. The van der Waals surface area contributed by atoms with Gasteiger partial charge >= 0.3 is 5.37 Å². The fraction of sp³-hybridized carbons (Fsp3) is 0.333. The summed E-state index contributed by atoms with van der Waals surface area (Å²) in [4.78, 5) is 36.2. The molecule has 7 nitrogen and oxygen atoms in total. The fourth-order valence-electron chi connectivity index (χ4n) is 1.99. The van der Waals surface area contributed by atoms with Crippen molar-refractivity contribution in [1.29, 1.82) is 0 Å². The third-order valence-corrected chi connectivity index (χ3v) is 3.38. The number of non-ortho nitro benzene ring substituents is 1. The largest absolute Gasteiger partial charge is 0.335 e. The predicted octanol–water partition coefficient (Wildman–Crippen LogP) is 1.71. The second kappa shape index (κ2) is 5.87. The zero-order valence-electron chi connectivity index (χ0n) is 10.5. The lowest BCUT2D eigenvalue weighted by Crippen LogP contribution is -2.49. The lowest BCUT2D eigenvalue weighted by Gasteiger charge is -2.33. The van der Waals surface area contributed by atoms with E-state index < -0.39 is 10.3 Å². The Balaban J connectivity index is 2.01. The second-order valence-corrected chi connectivity index (χ2v) is 4.66. The highest BCUT2D eigenvalue weighted by Crippen LogP contribution is 2.15. The predicted molar refractivity (Wildman–Crippen MR) is 71.8 cm³/mol. The van der Waals surface area contributed by atoms with Gasteiger partial charge in [-0.05, 0) is 23.7 Å². The minimum atomic E-state index is -0.521. The smallest absolute Gasteiger partial charge is 0.316 e. The molecule has 1 aliphatic heterocycles. The van der Waals surface area contributed by atoms with Gasteiger partial charge in [0.05, 0.1) is 4.92 Å². The Bertz CT molecular complexity index is 538. The van der Waals surface area contributed by atoms with Gasteiger partial charge in [0.1, 0.15) is 0 Å². The van der Waals surface area contributed by atoms with Gasteiger partial charge in [0, 0.05) is 43.9 Å². The molecule has 0 atom stereocenters. The highest BCUT2D eigenvalue weighted by molar-refractivity contribution is 6.62. The average molecular weight is 298 g/mol. The molecule has 0 saturated carbocycles. The number of benzene rings is 1. The third kappa shape index (κ3) is 3.05. The summed E-state index contributed by atoms with van der Waals surface area (Å²) in [5.41, 5.74) is 0.334. The molecule has 106 valence electrons. The first-order valence-electron chi connectivity index (χ1n) is 5.97. The minimum Gasteiger partial charge on any atom is -0.335 e. The van der Waals surface area contributed by atoms with Gasteiger partial charge < -0.3 is 9.80 Å². The molecule has 0 aromatic heterocycles. The van der Waals surface area contributed by atoms with Crippen molar-refractivity contribution in [3.63, 3.8) is 0 Å². The van der Waals surface area contributed by atoms with E-state index in [2.05, 4.69) is 0 Å². The van der Waals surface area contributed by atoms with Crippen LogP contribution < -0.4 is 0 Å². The molecule has 8 heteroatoms. The Hall–Kier alpha value is -2.15. The van der Waals surface area contributed by atoms with Crippen LogP contribution in [0, 0.1) is 10.1 Å². The molecular weight excluding hydrogens is 286 g/mol. The summed E-state index contributed by atoms with van der Waals surface area (Å²) in [6, 6.07) is 5.45. The molecule has 1 aliphatic rings. The molecule has 0 spiro atoms. The number of nitro benzene ring substituents is 1. The Morgan fingerprint density at radius 2 is 1.55 bits per heavy atom. The van der Waals surface area contributed by atoms with Crippen molar-refractivity contribution in [3.05, 3.63) is 39.9 Å². The van der Waals surface area contributed by atoms with Gasteiger partial charge in [0.25, 0.3) is 11.6 Å². The maximum absolute atomic E-state index is 12.2. The number of halogens is 1. The molecule has 0 unspecified atom stereocenters. The normalized spacial score (nSPS) is 15.1. The van der Waals surface area contributed by atoms with Crippen LogP contribution in [-0.4, -0.2) is 52.2 Å². The maximum atomic E-state index is 12.2. The molecule has 1 saturated heterocycles. The van der Waals surface area contributed by atoms with Crippen LogP contribution in [-0.2, 0) is 0 Å². The van der Waals surface area contributed by atoms with Gasteiger partial charge in [-0.1, -0.05) is 0 Å². The number of piperazine rings is 1. The number of rotatable bonds is 2. The van der Waals surface area contributed by atoms with E-state index in [1.807, 2.05) is 0 Å². The highest BCUT2D eigenvalue weighted by atomic mass is 35.5. The molecule has 1 fully saturated rings. The van der Waals surface area contributed by atoms with Gasteiger partial charge in [-0.3, -0.25) is 19.7 Å². The summed E-state index contributed by atoms with van der Waals surface area (Å²) in [7, 11) is 0. The zero-order chi connectivity index (χ0) is 14.7. The van der Waals surface area contributed by atoms with Crippen LogP contribution in [0.3, 0.4) is 0 Å². The molecule has 1 heterocycles. The molecular formula is C12H12ClN3O4. The van der Waals surface area contributed by atoms with Gasteiger partial charge in [-0.25, -0.2) is 0 Å². The summed E-state index contributed by atoms with van der Waals surface area (Å²) in [6.07, 6.45) is 0. The molecule has 1 aromatic rings. The fourth-order valence-corrected chi connectivity index (χ4v) is 2.16. The Morgan fingerprint density at radius 3 is 2.00 bits per heavy atom. The van der Waals surface area contributed by atoms with Crippen molar-refractivity contribution < 1.29 is 14.5 Å². The topological polar surface area (TPSA) is 83.8 Å². The zero-order valence-corrected chi connectivity index (χ0v) is 11.2. The summed E-state index contributed by atoms with van der Waals surface area (Å²) in [5.74, 6) is -0.207. The van der Waals surface area contributed by atoms with Crippen molar-refractivity contribution >= 4 is 28.6 Å². The van der Waals surface area contributed by atoms with Gasteiger partial charge in [0.15, 0.2) is 0 Å². The van der Waals surface area contributed by atoms with E-state index in [9.17, 15) is 19.7 Å². The molecule has 20 heavy (non-hydrogen) atoms. The van der Waals surface area contributed by atoms with Crippen molar-refractivity contribution in [1.82, 2.24) is 9.80 Å². The number of carbonyl (C=O) groups excluding carboxylic acids is 2. The van der Waals surface area contributed by atoms with Crippen LogP contribution in [0.2, 0.25) is 0 Å². The summed E-state index contributed by atoms with van der Waals surface area (Å²) in [5, 5.41) is 10.0. The van der Waals surface area contributed by atoms with Crippen molar-refractivity contribution in [3.8, 4) is 0 Å². The van der Waals surface area contributed by atoms with Gasteiger partial charge in [-0.15, -0.1) is 0 Å². The van der Waals surface area contributed by atoms with Crippen molar-refractivity contribution in [2.24, 2.45) is 0 Å². The molecule has 0 radical (unpaired) electrons. The van der Waals surface area contributed by atoms with E-state index in [-0.39, 0.29) is 11.6 Å². The second-order valence-electron chi connectivity index (χ2n) is 4.34. The van der Waals surface area contributed by atoms with E-state index in [4.69, 9.17) is 11.6 Å². The number of hydrogen-bond donors (Lipinski definition) is 0. The molecule has 0 N–H and O–H groups in total. The summed E-state index contributed by atoms with van der Waals surface area (Å²) in [6.45, 7) is 1.57. The van der Waals surface area contributed by atoms with Crippen LogP contribution >= 0.6 is 11.6 Å². The molecule has 2 rings (SSSR count). The SMILES string of the molecule is O=C(Cl)N1CCN(C(=O)c2ccc([N+](=O)[O-])cc2)CC1. The van der Waals surface area contributed by atoms with E-state index in [1.54, 1.807) is 4.90 Å². The molecule has 0 bridgehead atoms. The molecule has 1 aromatic carbocycles. The van der Waals surface area contributed by atoms with E-state index in [0.29, 0.717) is 31.7 Å². The number of amides is 2. The van der Waals surface area contributed by atoms with Gasteiger partial charge in [0.2, 0.25) is 0 Å². The van der Waals surface area contributed by atoms with Crippen molar-refractivity contribution in [2.45, 2.75) is 0 Å². The number of carbonyl (C=O) groups is 2. The van der Waals surface area contributed by atoms with Crippen LogP contribution in [0.4, 0.5) is 10.5 Å². The monoisotopic (exact) mass is 297 g/mol. The molecule has 0 aliphatic carbocycles. The number of hydrogen-bond acceptors (Lipinski definition) is 4. The Morgan fingerprint density at radius 1 is 1.05 bits per heavy atom. The summed E-state index contributed by atoms with van der Waals surface area (Å²) >= 11 is 5.37. The quantitative estimate of drug-likeness (QED) is 0.360. The summed E-state index contributed by atoms with van der Waals surface area (Å²) < 4.78 is 0. The minimum absolute atomic E-state index is 0.0564. The van der Waals surface area contributed by atoms with Gasteiger partial charge in [-0.2, -0.15) is 0 Å². The first-order chi connectivity index (χ1) is 9.49. The maximum Gasteiger partial charge on any atom is 0.316 e. The lowest BCUT2D eigenvalue weighted by molar-refractivity contribution is -0.384. The standard InChI is InChI=1S/C12H12ClN3O4/c13-12(18)15-7-5-14(6-8-15)11(17)9-1-3-10(4-2-9)16(19)20/h1-4H,5-8H2. The van der Waals surface area contributed by atoms with E-state index >= 15 is 0 Å². The first-order valence-corrected chi connectivity index (χ1v) is 6.35.